The smallest absolute Gasteiger partial charge is 0.350 e. The third-order valence-electron chi connectivity index (χ3n) is 4.64. The lowest BCUT2D eigenvalue weighted by Crippen LogP contribution is -2.39. The molecule has 10 heteroatoms. The molecule has 1 unspecified atom stereocenters. The van der Waals surface area contributed by atoms with Gasteiger partial charge in [-0.05, 0) is 51.0 Å². The van der Waals surface area contributed by atoms with Gasteiger partial charge >= 0.3 is 5.97 Å². The predicted molar refractivity (Wildman–Crippen MR) is 133 cm³/mol. The number of carbonyl (C=O) groups is 1. The summed E-state index contributed by atoms with van der Waals surface area (Å²) < 4.78 is 18.6. The minimum Gasteiger partial charge on any atom is -0.462 e. The third kappa shape index (κ3) is 6.16. The van der Waals surface area contributed by atoms with Crippen LogP contribution >= 0.6 is 35.3 Å². The highest BCUT2D eigenvalue weighted by molar-refractivity contribution is 14.0. The van der Waals surface area contributed by atoms with Crippen LogP contribution in [-0.4, -0.2) is 42.1 Å². The number of esters is 1. The van der Waals surface area contributed by atoms with Crippen LogP contribution in [0.15, 0.2) is 29.4 Å². The third-order valence-corrected chi connectivity index (χ3v) is 5.96. The van der Waals surface area contributed by atoms with E-state index >= 15 is 0 Å². The van der Waals surface area contributed by atoms with Gasteiger partial charge in [0.1, 0.15) is 15.7 Å². The van der Waals surface area contributed by atoms with Crippen LogP contribution in [0, 0.1) is 12.7 Å². The van der Waals surface area contributed by atoms with E-state index < -0.39 is 0 Å². The molecule has 0 fully saturated rings. The first-order chi connectivity index (χ1) is 14.4. The van der Waals surface area contributed by atoms with Gasteiger partial charge in [0.25, 0.3) is 0 Å². The summed E-state index contributed by atoms with van der Waals surface area (Å²) in [6.07, 6.45) is 2.61. The van der Waals surface area contributed by atoms with Gasteiger partial charge < -0.3 is 20.4 Å². The van der Waals surface area contributed by atoms with Crippen molar-refractivity contribution in [2.75, 3.05) is 20.2 Å². The number of hydrogen-bond donors (Lipinski definition) is 3. The van der Waals surface area contributed by atoms with E-state index in [1.54, 1.807) is 33.0 Å². The van der Waals surface area contributed by atoms with E-state index in [0.29, 0.717) is 36.1 Å². The molecule has 0 saturated carbocycles. The molecule has 168 valence electrons. The monoisotopic (exact) mass is 559 g/mol. The molecule has 3 aromatic rings. The van der Waals surface area contributed by atoms with Gasteiger partial charge in [0.2, 0.25) is 0 Å². The summed E-state index contributed by atoms with van der Waals surface area (Å²) in [5.41, 5.74) is 2.62. The molecule has 0 aliphatic carbocycles. The molecule has 0 saturated heterocycles. The van der Waals surface area contributed by atoms with E-state index in [1.165, 1.54) is 17.4 Å². The number of carbonyl (C=O) groups excluding carboxylic acids is 1. The lowest BCUT2D eigenvalue weighted by Gasteiger charge is -2.16. The lowest BCUT2D eigenvalue weighted by molar-refractivity contribution is 0.0531. The highest BCUT2D eigenvalue weighted by Crippen LogP contribution is 2.24. The van der Waals surface area contributed by atoms with Gasteiger partial charge in [0.05, 0.1) is 18.3 Å². The summed E-state index contributed by atoms with van der Waals surface area (Å²) >= 11 is 1.32. The molecule has 0 radical (unpaired) electrons. The lowest BCUT2D eigenvalue weighted by atomic mass is 10.1. The zero-order valence-electron chi connectivity index (χ0n) is 17.9. The Morgan fingerprint density at radius 3 is 2.90 bits per heavy atom. The molecule has 3 N–H and O–H groups in total. The first-order valence-electron chi connectivity index (χ1n) is 9.80. The summed E-state index contributed by atoms with van der Waals surface area (Å²) in [5.74, 6) is 0.0335. The van der Waals surface area contributed by atoms with Crippen LogP contribution in [0.4, 0.5) is 4.39 Å². The number of aliphatic imine (C=N–C) groups is 1. The van der Waals surface area contributed by atoms with Gasteiger partial charge in [0.15, 0.2) is 5.96 Å². The van der Waals surface area contributed by atoms with Crippen molar-refractivity contribution in [2.45, 2.75) is 33.2 Å². The number of thiazole rings is 1. The Hall–Kier alpha value is -2.21. The summed E-state index contributed by atoms with van der Waals surface area (Å²) in [5, 5.41) is 8.23. The Morgan fingerprint density at radius 2 is 2.19 bits per heavy atom. The number of nitrogens with one attached hydrogen (secondary N) is 3. The van der Waals surface area contributed by atoms with E-state index in [9.17, 15) is 9.18 Å². The van der Waals surface area contributed by atoms with Crippen molar-refractivity contribution in [1.82, 2.24) is 20.6 Å². The van der Waals surface area contributed by atoms with Gasteiger partial charge in [-0.1, -0.05) is 0 Å². The number of aromatic nitrogens is 2. The molecule has 31 heavy (non-hydrogen) atoms. The number of fused-ring (bicyclic) bond motifs is 1. The van der Waals surface area contributed by atoms with Crippen LogP contribution in [0.2, 0.25) is 0 Å². The Bertz CT molecular complexity index is 1070. The number of guanidine groups is 1. The number of aryl methyl sites for hydroxylation is 1. The Labute approximate surface area is 201 Å². The minimum atomic E-state index is -0.344. The van der Waals surface area contributed by atoms with E-state index in [2.05, 4.69) is 25.6 Å². The molecule has 0 spiro atoms. The number of nitrogens with zero attached hydrogens (tertiary/aromatic N) is 2. The van der Waals surface area contributed by atoms with Crippen LogP contribution in [-0.2, 0) is 11.2 Å². The molecule has 0 amide bonds. The second-order valence-corrected chi connectivity index (χ2v) is 7.84. The zero-order chi connectivity index (χ0) is 21.7. The van der Waals surface area contributed by atoms with Crippen molar-refractivity contribution in [1.29, 1.82) is 0 Å². The highest BCUT2D eigenvalue weighted by atomic mass is 127. The number of halogens is 2. The summed E-state index contributed by atoms with van der Waals surface area (Å²) in [7, 11) is 1.69. The van der Waals surface area contributed by atoms with E-state index in [-0.39, 0.29) is 41.8 Å². The fourth-order valence-electron chi connectivity index (χ4n) is 3.12. The second kappa shape index (κ2) is 11.4. The van der Waals surface area contributed by atoms with Crippen LogP contribution in [0.1, 0.15) is 45.8 Å². The maximum absolute atomic E-state index is 13.5. The maximum atomic E-state index is 13.5. The fourth-order valence-corrected chi connectivity index (χ4v) is 4.09. The SMILES string of the molecule is CCOC(=O)c1sc(C(C)NC(=NC)NCCc2c[nH]c3ccc(F)cc23)nc1C.I. The fraction of sp³-hybridized carbons (Fsp3) is 0.381. The van der Waals surface area contributed by atoms with Crippen molar-refractivity contribution in [3.63, 3.8) is 0 Å². The normalized spacial score (nSPS) is 12.4. The number of hydrogen-bond acceptors (Lipinski definition) is 5. The van der Waals surface area contributed by atoms with Gasteiger partial charge in [-0.15, -0.1) is 35.3 Å². The van der Waals surface area contributed by atoms with Gasteiger partial charge in [-0.2, -0.15) is 0 Å². The van der Waals surface area contributed by atoms with Gasteiger partial charge in [-0.25, -0.2) is 14.2 Å². The van der Waals surface area contributed by atoms with Crippen LogP contribution in [0.25, 0.3) is 10.9 Å². The minimum absolute atomic E-state index is 0. The Kier molecular flexibility index (Phi) is 9.23. The molecule has 1 atom stereocenters. The van der Waals surface area contributed by atoms with Crippen molar-refractivity contribution in [3.8, 4) is 0 Å². The number of ether oxygens (including phenoxy) is 1. The first kappa shape index (κ1) is 25.1. The quantitative estimate of drug-likeness (QED) is 0.174. The summed E-state index contributed by atoms with van der Waals surface area (Å²) in [4.78, 5) is 24.5. The van der Waals surface area contributed by atoms with Crippen LogP contribution in [0.3, 0.4) is 0 Å². The molecule has 0 bridgehead atoms. The zero-order valence-corrected chi connectivity index (χ0v) is 21.1. The second-order valence-electron chi connectivity index (χ2n) is 6.81. The first-order valence-corrected chi connectivity index (χ1v) is 10.6. The average Bonchev–Trinajstić information content (AvgIpc) is 3.30. The van der Waals surface area contributed by atoms with Crippen molar-refractivity contribution >= 4 is 58.1 Å². The van der Waals surface area contributed by atoms with Crippen LogP contribution in [0.5, 0.6) is 0 Å². The topological polar surface area (TPSA) is 91.4 Å². The molecular weight excluding hydrogens is 532 g/mol. The number of H-pyrrole nitrogens is 1. The standard InChI is InChI=1S/C21H26FN5O2S.HI/c1-5-29-20(28)18-12(2)26-19(30-18)13(3)27-21(23-4)24-9-8-14-11-25-17-7-6-15(22)10-16(14)17;/h6-7,10-11,13,25H,5,8-9H2,1-4H3,(H2,23,24,27);1H. The van der Waals surface area contributed by atoms with E-state index in [1.807, 2.05) is 13.1 Å². The van der Waals surface area contributed by atoms with Gasteiger partial charge in [-0.3, -0.25) is 4.99 Å². The summed E-state index contributed by atoms with van der Waals surface area (Å²) in [6.45, 7) is 6.50. The maximum Gasteiger partial charge on any atom is 0.350 e. The van der Waals surface area contributed by atoms with Gasteiger partial charge in [0, 0.05) is 30.7 Å². The molecular formula is C21H27FIN5O2S. The summed E-state index contributed by atoms with van der Waals surface area (Å²) in [6, 6.07) is 4.60. The van der Waals surface area contributed by atoms with Crippen molar-refractivity contribution < 1.29 is 13.9 Å². The van der Waals surface area contributed by atoms with E-state index in [0.717, 1.165) is 21.5 Å². The highest BCUT2D eigenvalue weighted by Gasteiger charge is 2.20. The molecule has 2 heterocycles. The number of benzene rings is 1. The molecule has 1 aromatic carbocycles. The molecule has 7 nitrogen and oxygen atoms in total. The molecule has 0 aliphatic heterocycles. The number of rotatable bonds is 7. The average molecular weight is 559 g/mol. The molecule has 2 aromatic heterocycles. The van der Waals surface area contributed by atoms with E-state index in [4.69, 9.17) is 4.74 Å². The Morgan fingerprint density at radius 1 is 1.42 bits per heavy atom. The largest absolute Gasteiger partial charge is 0.462 e. The Balaban J connectivity index is 0.00000341. The molecule has 3 rings (SSSR count). The van der Waals surface area contributed by atoms with Crippen molar-refractivity contribution in [2.24, 2.45) is 4.99 Å². The number of aromatic amines is 1. The molecule has 0 aliphatic rings. The van der Waals surface area contributed by atoms with Crippen LogP contribution < -0.4 is 10.6 Å². The van der Waals surface area contributed by atoms with Crippen molar-refractivity contribution in [3.05, 3.63) is 51.4 Å². The predicted octanol–water partition coefficient (Wildman–Crippen LogP) is 4.34.